The van der Waals surface area contributed by atoms with Gasteiger partial charge < -0.3 is 16.0 Å². The number of benzene rings is 1. The molecule has 1 fully saturated rings. The highest BCUT2D eigenvalue weighted by molar-refractivity contribution is 5.33. The smallest absolute Gasteiger partial charge is 0.269 e. The zero-order valence-corrected chi connectivity index (χ0v) is 13.0. The van der Waals surface area contributed by atoms with E-state index >= 15 is 0 Å². The van der Waals surface area contributed by atoms with E-state index in [1.165, 1.54) is 19.3 Å². The van der Waals surface area contributed by atoms with E-state index in [1.807, 2.05) is 0 Å². The molecule has 0 aliphatic carbocycles. The molecule has 0 spiro atoms. The molecule has 6 heteroatoms. The number of nitrogens with zero attached hydrogens (tertiary/aromatic N) is 2. The molecule has 0 radical (unpaired) electrons. The van der Waals surface area contributed by atoms with Crippen LogP contribution in [-0.4, -0.2) is 48.6 Å². The van der Waals surface area contributed by atoms with Crippen LogP contribution < -0.4 is 11.1 Å². The summed E-state index contributed by atoms with van der Waals surface area (Å²) >= 11 is 0. The fourth-order valence-corrected chi connectivity index (χ4v) is 2.87. The average Bonchev–Trinajstić information content (AvgIpc) is 2.62. The van der Waals surface area contributed by atoms with Crippen LogP contribution in [0.1, 0.15) is 24.8 Å². The zero-order chi connectivity index (χ0) is 15.8. The van der Waals surface area contributed by atoms with Gasteiger partial charge in [-0.1, -0.05) is 18.6 Å². The molecule has 3 N–H and O–H groups in total. The van der Waals surface area contributed by atoms with Crippen molar-refractivity contribution in [3.63, 3.8) is 0 Å². The molecule has 1 aromatic rings. The highest BCUT2D eigenvalue weighted by Gasteiger charge is 2.13. The Morgan fingerprint density at radius 1 is 1.18 bits per heavy atom. The number of nitrogens with two attached hydrogens (primary N) is 1. The van der Waals surface area contributed by atoms with Gasteiger partial charge in [-0.3, -0.25) is 10.1 Å². The fraction of sp³-hybridized carbons (Fsp3) is 0.625. The zero-order valence-electron chi connectivity index (χ0n) is 13.0. The number of non-ortho nitro benzene ring substituents is 1. The van der Waals surface area contributed by atoms with Crippen molar-refractivity contribution < 1.29 is 4.92 Å². The second-order valence-corrected chi connectivity index (χ2v) is 6.00. The van der Waals surface area contributed by atoms with E-state index in [0.717, 1.165) is 44.7 Å². The van der Waals surface area contributed by atoms with E-state index in [-0.39, 0.29) is 16.7 Å². The van der Waals surface area contributed by atoms with Gasteiger partial charge in [0.1, 0.15) is 0 Å². The van der Waals surface area contributed by atoms with Gasteiger partial charge in [0.25, 0.3) is 5.69 Å². The minimum Gasteiger partial charge on any atom is -0.326 e. The number of rotatable bonds is 5. The molecule has 1 aromatic carbocycles. The Morgan fingerprint density at radius 2 is 1.95 bits per heavy atom. The molecule has 1 aliphatic heterocycles. The lowest BCUT2D eigenvalue weighted by Gasteiger charge is -2.25. The highest BCUT2D eigenvalue weighted by Crippen LogP contribution is 2.13. The van der Waals surface area contributed by atoms with Crippen LogP contribution >= 0.6 is 0 Å². The van der Waals surface area contributed by atoms with Crippen LogP contribution in [0.2, 0.25) is 0 Å². The third-order valence-electron chi connectivity index (χ3n) is 4.07. The lowest BCUT2D eigenvalue weighted by molar-refractivity contribution is -0.384. The number of hydrogen-bond acceptors (Lipinski definition) is 5. The number of hydrogen-bond donors (Lipinski definition) is 2. The fourth-order valence-electron chi connectivity index (χ4n) is 2.87. The summed E-state index contributed by atoms with van der Waals surface area (Å²) in [6, 6.07) is 6.76. The molecule has 1 heterocycles. The predicted octanol–water partition coefficient (Wildman–Crippen LogP) is 1.54. The van der Waals surface area contributed by atoms with Gasteiger partial charge >= 0.3 is 0 Å². The Kier molecular flexibility index (Phi) is 6.76. The van der Waals surface area contributed by atoms with Crippen molar-refractivity contribution in [2.24, 2.45) is 5.73 Å². The number of nitrogens with one attached hydrogen (secondary N) is 1. The van der Waals surface area contributed by atoms with Gasteiger partial charge in [0.15, 0.2) is 0 Å². The molecule has 0 bridgehead atoms. The van der Waals surface area contributed by atoms with E-state index in [9.17, 15) is 10.1 Å². The molecular formula is C16H26N4O2. The van der Waals surface area contributed by atoms with Crippen LogP contribution in [0.5, 0.6) is 0 Å². The standard InChI is InChI=1S/C16H26N4O2/c17-15(12-14-4-6-16(7-5-14)20(21)22)13-19-10-3-1-2-8-18-9-11-19/h4-7,15,18H,1-3,8-13,17H2. The molecule has 1 atom stereocenters. The van der Waals surface area contributed by atoms with Crippen LogP contribution in [-0.2, 0) is 6.42 Å². The lowest BCUT2D eigenvalue weighted by atomic mass is 10.1. The summed E-state index contributed by atoms with van der Waals surface area (Å²) in [5.74, 6) is 0. The summed E-state index contributed by atoms with van der Waals surface area (Å²) in [5.41, 5.74) is 7.45. The molecule has 2 rings (SSSR count). The second kappa shape index (κ2) is 8.82. The Balaban J connectivity index is 1.82. The van der Waals surface area contributed by atoms with Crippen molar-refractivity contribution in [3.05, 3.63) is 39.9 Å². The van der Waals surface area contributed by atoms with Crippen molar-refractivity contribution in [1.29, 1.82) is 0 Å². The largest absolute Gasteiger partial charge is 0.326 e. The van der Waals surface area contributed by atoms with Gasteiger partial charge in [-0.05, 0) is 37.9 Å². The molecule has 122 valence electrons. The first-order valence-electron chi connectivity index (χ1n) is 8.07. The molecule has 1 aliphatic rings. The van der Waals surface area contributed by atoms with Crippen LogP contribution in [0.25, 0.3) is 0 Å². The average molecular weight is 306 g/mol. The van der Waals surface area contributed by atoms with Crippen molar-refractivity contribution in [1.82, 2.24) is 10.2 Å². The summed E-state index contributed by atoms with van der Waals surface area (Å²) in [4.78, 5) is 12.7. The summed E-state index contributed by atoms with van der Waals surface area (Å²) in [6.07, 6.45) is 4.50. The molecule has 0 amide bonds. The van der Waals surface area contributed by atoms with Gasteiger partial charge in [-0.15, -0.1) is 0 Å². The van der Waals surface area contributed by atoms with Gasteiger partial charge in [-0.2, -0.15) is 0 Å². The molecule has 1 saturated heterocycles. The predicted molar refractivity (Wildman–Crippen MR) is 87.9 cm³/mol. The van der Waals surface area contributed by atoms with Crippen molar-refractivity contribution in [2.75, 3.05) is 32.7 Å². The third kappa shape index (κ3) is 5.71. The van der Waals surface area contributed by atoms with Crippen molar-refractivity contribution in [2.45, 2.75) is 31.7 Å². The van der Waals surface area contributed by atoms with E-state index in [4.69, 9.17) is 5.73 Å². The Hall–Kier alpha value is -1.50. The Morgan fingerprint density at radius 3 is 2.68 bits per heavy atom. The Labute approximate surface area is 131 Å². The number of nitro benzene ring substituents is 1. The molecule has 22 heavy (non-hydrogen) atoms. The monoisotopic (exact) mass is 306 g/mol. The summed E-state index contributed by atoms with van der Waals surface area (Å²) in [6.45, 7) is 5.15. The Bertz CT molecular complexity index is 454. The molecule has 1 unspecified atom stereocenters. The van der Waals surface area contributed by atoms with Gasteiger partial charge in [0.2, 0.25) is 0 Å². The molecule has 0 aromatic heterocycles. The van der Waals surface area contributed by atoms with Gasteiger partial charge in [0.05, 0.1) is 4.92 Å². The molecule has 0 saturated carbocycles. The maximum absolute atomic E-state index is 10.7. The van der Waals surface area contributed by atoms with Gasteiger partial charge in [-0.25, -0.2) is 0 Å². The first kappa shape index (κ1) is 16.9. The molecular weight excluding hydrogens is 280 g/mol. The topological polar surface area (TPSA) is 84.4 Å². The van der Waals surface area contributed by atoms with Crippen LogP contribution in [0.4, 0.5) is 5.69 Å². The molecule has 6 nitrogen and oxygen atoms in total. The second-order valence-electron chi connectivity index (χ2n) is 6.00. The SMILES string of the molecule is NC(Cc1ccc([N+](=O)[O-])cc1)CN1CCCCCNCC1. The minimum atomic E-state index is -0.375. The number of nitro groups is 1. The maximum Gasteiger partial charge on any atom is 0.269 e. The first-order chi connectivity index (χ1) is 10.6. The van der Waals surface area contributed by atoms with Crippen molar-refractivity contribution in [3.8, 4) is 0 Å². The van der Waals surface area contributed by atoms with E-state index in [2.05, 4.69) is 10.2 Å². The van der Waals surface area contributed by atoms with E-state index in [0.29, 0.717) is 0 Å². The highest BCUT2D eigenvalue weighted by atomic mass is 16.6. The van der Waals surface area contributed by atoms with Gasteiger partial charge in [0, 0.05) is 37.8 Å². The summed E-state index contributed by atoms with van der Waals surface area (Å²) in [5, 5.41) is 14.1. The minimum absolute atomic E-state index is 0.0576. The summed E-state index contributed by atoms with van der Waals surface area (Å²) in [7, 11) is 0. The van der Waals surface area contributed by atoms with Crippen molar-refractivity contribution >= 4 is 5.69 Å². The van der Waals surface area contributed by atoms with Crippen LogP contribution in [0, 0.1) is 10.1 Å². The van der Waals surface area contributed by atoms with Crippen LogP contribution in [0.15, 0.2) is 24.3 Å². The summed E-state index contributed by atoms with van der Waals surface area (Å²) < 4.78 is 0. The van der Waals surface area contributed by atoms with E-state index in [1.54, 1.807) is 24.3 Å². The maximum atomic E-state index is 10.7. The third-order valence-corrected chi connectivity index (χ3v) is 4.07. The first-order valence-corrected chi connectivity index (χ1v) is 8.07. The van der Waals surface area contributed by atoms with Crippen LogP contribution in [0.3, 0.4) is 0 Å². The normalized spacial score (nSPS) is 19.0. The quantitative estimate of drug-likeness (QED) is 0.637. The van der Waals surface area contributed by atoms with E-state index < -0.39 is 0 Å². The lowest BCUT2D eigenvalue weighted by Crippen LogP contribution is -2.41.